The quantitative estimate of drug-likeness (QED) is 0.577. The number of anilines is 3. The molecule has 1 aliphatic rings. The zero-order chi connectivity index (χ0) is 13.9. The normalized spacial score (nSPS) is 12.9. The van der Waals surface area contributed by atoms with Crippen molar-refractivity contribution in [2.24, 2.45) is 5.84 Å². The van der Waals surface area contributed by atoms with Crippen LogP contribution < -0.4 is 26.1 Å². The molecule has 0 fully saturated rings. The molecule has 0 atom stereocenters. The number of nitrogens with two attached hydrogens (primary N) is 1. The largest absolute Gasteiger partial charge is 0.486 e. The standard InChI is InChI=1S/C13H15N5O2/c1-8-12(15-7-16-13(8)18-14)17-9-2-3-10-11(6-9)20-5-4-19-10/h2-3,6-7H,4-5,14H2,1H3,(H2,15,16,17,18). The molecule has 2 heterocycles. The molecule has 1 aromatic carbocycles. The number of hydrogen-bond donors (Lipinski definition) is 3. The van der Waals surface area contributed by atoms with Gasteiger partial charge in [0.1, 0.15) is 31.2 Å². The van der Waals surface area contributed by atoms with E-state index >= 15 is 0 Å². The summed E-state index contributed by atoms with van der Waals surface area (Å²) in [6, 6.07) is 5.66. The van der Waals surface area contributed by atoms with E-state index in [2.05, 4.69) is 20.7 Å². The lowest BCUT2D eigenvalue weighted by Crippen LogP contribution is -2.15. The van der Waals surface area contributed by atoms with Crippen molar-refractivity contribution in [1.29, 1.82) is 0 Å². The van der Waals surface area contributed by atoms with Crippen LogP contribution in [0.5, 0.6) is 11.5 Å². The molecule has 3 rings (SSSR count). The van der Waals surface area contributed by atoms with Gasteiger partial charge in [0.05, 0.1) is 0 Å². The first kappa shape index (κ1) is 12.5. The Morgan fingerprint density at radius 2 is 1.85 bits per heavy atom. The fourth-order valence-electron chi connectivity index (χ4n) is 1.98. The molecule has 20 heavy (non-hydrogen) atoms. The highest BCUT2D eigenvalue weighted by Crippen LogP contribution is 2.33. The zero-order valence-corrected chi connectivity index (χ0v) is 11.0. The number of nitrogens with one attached hydrogen (secondary N) is 2. The smallest absolute Gasteiger partial charge is 0.163 e. The van der Waals surface area contributed by atoms with Crippen LogP contribution in [0.4, 0.5) is 17.3 Å². The minimum atomic E-state index is 0.560. The van der Waals surface area contributed by atoms with Crippen molar-refractivity contribution in [3.63, 3.8) is 0 Å². The Labute approximate surface area is 116 Å². The molecular formula is C13H15N5O2. The number of fused-ring (bicyclic) bond motifs is 1. The van der Waals surface area contributed by atoms with Gasteiger partial charge in [0.2, 0.25) is 0 Å². The van der Waals surface area contributed by atoms with Gasteiger partial charge in [-0.15, -0.1) is 0 Å². The lowest BCUT2D eigenvalue weighted by molar-refractivity contribution is 0.171. The Kier molecular flexibility index (Phi) is 3.26. The van der Waals surface area contributed by atoms with Gasteiger partial charge in [-0.1, -0.05) is 0 Å². The molecule has 0 aliphatic carbocycles. The van der Waals surface area contributed by atoms with Crippen molar-refractivity contribution >= 4 is 17.3 Å². The Hall–Kier alpha value is -2.54. The van der Waals surface area contributed by atoms with E-state index in [9.17, 15) is 0 Å². The summed E-state index contributed by atoms with van der Waals surface area (Å²) in [5, 5.41) is 3.21. The molecule has 0 saturated carbocycles. The molecule has 0 amide bonds. The van der Waals surface area contributed by atoms with Crippen LogP contribution in [-0.2, 0) is 0 Å². The molecule has 0 bridgehead atoms. The van der Waals surface area contributed by atoms with E-state index in [-0.39, 0.29) is 0 Å². The van der Waals surface area contributed by atoms with Crippen molar-refractivity contribution in [2.45, 2.75) is 6.92 Å². The van der Waals surface area contributed by atoms with Crippen molar-refractivity contribution in [3.05, 3.63) is 30.1 Å². The van der Waals surface area contributed by atoms with E-state index in [1.807, 2.05) is 25.1 Å². The van der Waals surface area contributed by atoms with Gasteiger partial charge in [-0.25, -0.2) is 15.8 Å². The molecule has 0 saturated heterocycles. The lowest BCUT2D eigenvalue weighted by Gasteiger charge is -2.19. The number of rotatable bonds is 3. The topological polar surface area (TPSA) is 94.3 Å². The minimum absolute atomic E-state index is 0.560. The van der Waals surface area contributed by atoms with Gasteiger partial charge in [-0.05, 0) is 19.1 Å². The van der Waals surface area contributed by atoms with Crippen LogP contribution in [0.3, 0.4) is 0 Å². The Balaban J connectivity index is 1.88. The van der Waals surface area contributed by atoms with Gasteiger partial charge >= 0.3 is 0 Å². The summed E-state index contributed by atoms with van der Waals surface area (Å²) in [6.07, 6.45) is 1.45. The van der Waals surface area contributed by atoms with E-state index in [0.29, 0.717) is 24.8 Å². The first-order valence-electron chi connectivity index (χ1n) is 6.23. The average molecular weight is 273 g/mol. The van der Waals surface area contributed by atoms with Gasteiger partial charge in [0.25, 0.3) is 0 Å². The van der Waals surface area contributed by atoms with Gasteiger partial charge in [0, 0.05) is 17.3 Å². The summed E-state index contributed by atoms with van der Waals surface area (Å²) in [5.41, 5.74) is 4.23. The number of nitrogens with zero attached hydrogens (tertiary/aromatic N) is 2. The number of aromatic nitrogens is 2. The Bertz CT molecular complexity index is 632. The summed E-state index contributed by atoms with van der Waals surface area (Å²) in [6.45, 7) is 3.02. The maximum Gasteiger partial charge on any atom is 0.163 e. The number of hydrazine groups is 1. The van der Waals surface area contributed by atoms with E-state index < -0.39 is 0 Å². The van der Waals surface area contributed by atoms with E-state index in [1.165, 1.54) is 6.33 Å². The predicted octanol–water partition coefficient (Wildman–Crippen LogP) is 1.59. The summed E-state index contributed by atoms with van der Waals surface area (Å²) >= 11 is 0. The molecule has 0 spiro atoms. The highest BCUT2D eigenvalue weighted by atomic mass is 16.6. The SMILES string of the molecule is Cc1c(NN)ncnc1Nc1ccc2c(c1)OCCO2. The van der Waals surface area contributed by atoms with Gasteiger partial charge in [-0.2, -0.15) is 0 Å². The molecule has 7 heteroatoms. The third-order valence-electron chi connectivity index (χ3n) is 3.03. The van der Waals surface area contributed by atoms with Gasteiger partial charge in [0.15, 0.2) is 11.5 Å². The van der Waals surface area contributed by atoms with Crippen LogP contribution in [0.1, 0.15) is 5.56 Å². The number of benzene rings is 1. The molecular weight excluding hydrogens is 258 g/mol. The van der Waals surface area contributed by atoms with E-state index in [1.54, 1.807) is 0 Å². The Morgan fingerprint density at radius 3 is 2.65 bits per heavy atom. The summed E-state index contributed by atoms with van der Waals surface area (Å²) < 4.78 is 11.0. The number of ether oxygens (including phenoxy) is 2. The summed E-state index contributed by atoms with van der Waals surface area (Å²) in [5.74, 6) is 8.15. The highest BCUT2D eigenvalue weighted by Gasteiger charge is 2.13. The minimum Gasteiger partial charge on any atom is -0.486 e. The predicted molar refractivity (Wildman–Crippen MR) is 75.3 cm³/mol. The van der Waals surface area contributed by atoms with Crippen LogP contribution in [0.25, 0.3) is 0 Å². The molecule has 1 aromatic heterocycles. The van der Waals surface area contributed by atoms with Crippen molar-refractivity contribution in [2.75, 3.05) is 24.0 Å². The first-order chi connectivity index (χ1) is 9.78. The zero-order valence-electron chi connectivity index (χ0n) is 11.0. The van der Waals surface area contributed by atoms with Crippen molar-refractivity contribution in [1.82, 2.24) is 9.97 Å². The first-order valence-corrected chi connectivity index (χ1v) is 6.23. The molecule has 0 radical (unpaired) electrons. The average Bonchev–Trinajstić information content (AvgIpc) is 2.49. The van der Waals surface area contributed by atoms with Crippen LogP contribution in [-0.4, -0.2) is 23.2 Å². The van der Waals surface area contributed by atoms with Crippen LogP contribution in [0.15, 0.2) is 24.5 Å². The molecule has 104 valence electrons. The van der Waals surface area contributed by atoms with Crippen LogP contribution >= 0.6 is 0 Å². The molecule has 2 aromatic rings. The fraction of sp³-hybridized carbons (Fsp3) is 0.231. The maximum atomic E-state index is 5.55. The second kappa shape index (κ2) is 5.22. The maximum absolute atomic E-state index is 5.55. The Morgan fingerprint density at radius 1 is 1.10 bits per heavy atom. The summed E-state index contributed by atoms with van der Waals surface area (Å²) in [4.78, 5) is 8.24. The number of hydrogen-bond acceptors (Lipinski definition) is 7. The molecule has 4 N–H and O–H groups in total. The number of nitrogen functional groups attached to an aromatic ring is 1. The van der Waals surface area contributed by atoms with Gasteiger partial charge in [-0.3, -0.25) is 0 Å². The molecule has 0 unspecified atom stereocenters. The fourth-order valence-corrected chi connectivity index (χ4v) is 1.98. The van der Waals surface area contributed by atoms with Gasteiger partial charge < -0.3 is 20.2 Å². The van der Waals surface area contributed by atoms with Crippen molar-refractivity contribution in [3.8, 4) is 11.5 Å². The molecule has 7 nitrogen and oxygen atoms in total. The second-order valence-corrected chi connectivity index (χ2v) is 4.32. The van der Waals surface area contributed by atoms with E-state index in [0.717, 1.165) is 22.7 Å². The third kappa shape index (κ3) is 2.30. The van der Waals surface area contributed by atoms with Crippen molar-refractivity contribution < 1.29 is 9.47 Å². The van der Waals surface area contributed by atoms with E-state index in [4.69, 9.17) is 15.3 Å². The van der Waals surface area contributed by atoms with Crippen LogP contribution in [0.2, 0.25) is 0 Å². The lowest BCUT2D eigenvalue weighted by atomic mass is 10.2. The third-order valence-corrected chi connectivity index (χ3v) is 3.03. The molecule has 1 aliphatic heterocycles. The monoisotopic (exact) mass is 273 g/mol. The highest BCUT2D eigenvalue weighted by molar-refractivity contribution is 5.66. The summed E-state index contributed by atoms with van der Waals surface area (Å²) in [7, 11) is 0. The second-order valence-electron chi connectivity index (χ2n) is 4.32. The van der Waals surface area contributed by atoms with Crippen LogP contribution in [0, 0.1) is 6.92 Å².